The quantitative estimate of drug-likeness (QED) is 0.471. The van der Waals surface area contributed by atoms with Crippen molar-refractivity contribution in [2.45, 2.75) is 0 Å². The summed E-state index contributed by atoms with van der Waals surface area (Å²) < 4.78 is 0. The van der Waals surface area contributed by atoms with E-state index in [9.17, 15) is 14.9 Å². The molecule has 0 aliphatic rings. The van der Waals surface area contributed by atoms with Crippen LogP contribution in [0.5, 0.6) is 0 Å². The second-order valence-electron chi connectivity index (χ2n) is 1.89. The largest absolute Gasteiger partial charge is 0.363 e. The average molecular weight is 168 g/mol. The first-order valence-corrected chi connectivity index (χ1v) is 2.87. The van der Waals surface area contributed by atoms with E-state index in [0.29, 0.717) is 0 Å². The lowest BCUT2D eigenvalue weighted by Crippen LogP contribution is -2.14. The average Bonchev–Trinajstić information content (AvgIpc) is 2.04. The van der Waals surface area contributed by atoms with Crippen molar-refractivity contribution in [3.8, 4) is 0 Å². The second kappa shape index (κ2) is 2.91. The first kappa shape index (κ1) is 8.05. The van der Waals surface area contributed by atoms with Gasteiger partial charge in [0, 0.05) is 0 Å². The molecule has 0 fully saturated rings. The maximum absolute atomic E-state index is 10.4. The van der Waals surface area contributed by atoms with Gasteiger partial charge in [-0.3, -0.25) is 14.9 Å². The van der Waals surface area contributed by atoms with E-state index in [1.807, 2.05) is 0 Å². The van der Waals surface area contributed by atoms with Crippen LogP contribution in [0.25, 0.3) is 0 Å². The van der Waals surface area contributed by atoms with Crippen molar-refractivity contribution in [3.05, 3.63) is 28.3 Å². The lowest BCUT2D eigenvalue weighted by atomic mass is 10.5. The Morgan fingerprint density at radius 2 is 2.00 bits per heavy atom. The van der Waals surface area contributed by atoms with E-state index in [-0.39, 0.29) is 11.5 Å². The summed E-state index contributed by atoms with van der Waals surface area (Å²) in [5.41, 5.74) is 4.53. The maximum Gasteiger partial charge on any atom is 0.305 e. The van der Waals surface area contributed by atoms with E-state index in [4.69, 9.17) is 5.73 Å². The van der Waals surface area contributed by atoms with Gasteiger partial charge in [-0.15, -0.1) is 0 Å². The van der Waals surface area contributed by atoms with Gasteiger partial charge in [-0.25, -0.2) is 9.97 Å². The fourth-order valence-corrected chi connectivity index (χ4v) is 0.543. The number of primary amides is 1. The summed E-state index contributed by atoms with van der Waals surface area (Å²) in [5, 5.41) is 10.1. The summed E-state index contributed by atoms with van der Waals surface area (Å²) in [5.74, 6) is -1.05. The normalized spacial score (nSPS) is 9.33. The van der Waals surface area contributed by atoms with Gasteiger partial charge in [0.1, 0.15) is 12.4 Å². The Bertz CT molecular complexity index is 287. The Labute approximate surface area is 66.4 Å². The zero-order valence-corrected chi connectivity index (χ0v) is 5.80. The van der Waals surface area contributed by atoms with Gasteiger partial charge >= 0.3 is 5.69 Å². The third kappa shape index (κ3) is 1.51. The predicted octanol–water partition coefficient (Wildman–Crippen LogP) is -0.516. The molecular formula is C5H4N4O3. The van der Waals surface area contributed by atoms with E-state index in [1.165, 1.54) is 0 Å². The van der Waals surface area contributed by atoms with Crippen LogP contribution < -0.4 is 5.73 Å². The minimum Gasteiger partial charge on any atom is -0.363 e. The molecule has 0 aromatic carbocycles. The number of amides is 1. The van der Waals surface area contributed by atoms with Crippen LogP contribution in [0.15, 0.2) is 12.4 Å². The molecule has 0 unspecified atom stereocenters. The predicted molar refractivity (Wildman–Crippen MR) is 37.2 cm³/mol. The number of nitrogens with two attached hydrogens (primary N) is 1. The van der Waals surface area contributed by atoms with Crippen LogP contribution >= 0.6 is 0 Å². The number of nitrogens with zero attached hydrogens (tertiary/aromatic N) is 3. The van der Waals surface area contributed by atoms with Gasteiger partial charge in [0.05, 0.1) is 4.92 Å². The van der Waals surface area contributed by atoms with Crippen molar-refractivity contribution in [1.82, 2.24) is 9.97 Å². The molecule has 0 saturated carbocycles. The standard InChI is InChI=1S/C5H4N4O3/c6-4(10)5-7-1-3(2-8-5)9(11)12/h1-2H,(H2,6,10). The van der Waals surface area contributed by atoms with Gasteiger partial charge in [0.2, 0.25) is 5.82 Å². The van der Waals surface area contributed by atoms with Crippen LogP contribution in [0, 0.1) is 10.1 Å². The number of hydrogen-bond acceptors (Lipinski definition) is 5. The third-order valence-corrected chi connectivity index (χ3v) is 1.07. The zero-order chi connectivity index (χ0) is 9.14. The van der Waals surface area contributed by atoms with E-state index < -0.39 is 10.8 Å². The fourth-order valence-electron chi connectivity index (χ4n) is 0.543. The molecule has 1 rings (SSSR count). The van der Waals surface area contributed by atoms with E-state index in [1.54, 1.807) is 0 Å². The zero-order valence-electron chi connectivity index (χ0n) is 5.80. The third-order valence-electron chi connectivity index (χ3n) is 1.07. The molecule has 12 heavy (non-hydrogen) atoms. The number of carbonyl (C=O) groups excluding carboxylic acids is 1. The molecule has 2 N–H and O–H groups in total. The Balaban J connectivity index is 3.01. The van der Waals surface area contributed by atoms with Crippen molar-refractivity contribution in [1.29, 1.82) is 0 Å². The molecule has 0 aliphatic carbocycles. The fraction of sp³-hybridized carbons (Fsp3) is 0. The number of carbonyl (C=O) groups is 1. The van der Waals surface area contributed by atoms with E-state index >= 15 is 0 Å². The first-order valence-electron chi connectivity index (χ1n) is 2.87. The molecule has 0 atom stereocenters. The lowest BCUT2D eigenvalue weighted by Gasteiger charge is -1.91. The van der Waals surface area contributed by atoms with Crippen molar-refractivity contribution in [3.63, 3.8) is 0 Å². The summed E-state index contributed by atoms with van der Waals surface area (Å²) in [6.45, 7) is 0. The summed E-state index contributed by atoms with van der Waals surface area (Å²) in [4.78, 5) is 26.6. The number of rotatable bonds is 2. The summed E-state index contributed by atoms with van der Waals surface area (Å²) >= 11 is 0. The molecular weight excluding hydrogens is 164 g/mol. The highest BCUT2D eigenvalue weighted by molar-refractivity contribution is 5.88. The van der Waals surface area contributed by atoms with Gasteiger partial charge in [-0.2, -0.15) is 0 Å². The van der Waals surface area contributed by atoms with Crippen LogP contribution in [0.4, 0.5) is 5.69 Å². The van der Waals surface area contributed by atoms with Gasteiger partial charge in [0.15, 0.2) is 0 Å². The molecule has 0 bridgehead atoms. The van der Waals surface area contributed by atoms with Crippen molar-refractivity contribution < 1.29 is 9.72 Å². The summed E-state index contributed by atoms with van der Waals surface area (Å²) in [6.07, 6.45) is 1.85. The van der Waals surface area contributed by atoms with Gasteiger partial charge in [0.25, 0.3) is 5.91 Å². The van der Waals surface area contributed by atoms with E-state index in [2.05, 4.69) is 9.97 Å². The van der Waals surface area contributed by atoms with Gasteiger partial charge < -0.3 is 5.73 Å². The van der Waals surface area contributed by atoms with Crippen LogP contribution in [-0.4, -0.2) is 20.8 Å². The first-order chi connectivity index (χ1) is 5.61. The van der Waals surface area contributed by atoms with Crippen molar-refractivity contribution >= 4 is 11.6 Å². The molecule has 0 saturated heterocycles. The monoisotopic (exact) mass is 168 g/mol. The minimum atomic E-state index is -0.815. The minimum absolute atomic E-state index is 0.236. The molecule has 0 spiro atoms. The Hall–Kier alpha value is -2.05. The SMILES string of the molecule is NC(=O)c1ncc([N+](=O)[O-])cn1. The van der Waals surface area contributed by atoms with Crippen LogP contribution in [-0.2, 0) is 0 Å². The summed E-state index contributed by atoms with van der Waals surface area (Å²) in [7, 11) is 0. The highest BCUT2D eigenvalue weighted by atomic mass is 16.6. The topological polar surface area (TPSA) is 112 Å². The lowest BCUT2D eigenvalue weighted by molar-refractivity contribution is -0.385. The molecule has 1 aromatic rings. The van der Waals surface area contributed by atoms with Crippen molar-refractivity contribution in [2.24, 2.45) is 5.73 Å². The van der Waals surface area contributed by atoms with Crippen LogP contribution in [0.2, 0.25) is 0 Å². The molecule has 1 amide bonds. The van der Waals surface area contributed by atoms with Crippen LogP contribution in [0.3, 0.4) is 0 Å². The molecule has 62 valence electrons. The van der Waals surface area contributed by atoms with Crippen LogP contribution in [0.1, 0.15) is 10.6 Å². The molecule has 1 heterocycles. The highest BCUT2D eigenvalue weighted by Gasteiger charge is 2.08. The Kier molecular flexibility index (Phi) is 1.95. The Morgan fingerprint density at radius 1 is 1.50 bits per heavy atom. The number of aromatic nitrogens is 2. The molecule has 7 nitrogen and oxygen atoms in total. The second-order valence-corrected chi connectivity index (χ2v) is 1.89. The van der Waals surface area contributed by atoms with Crippen molar-refractivity contribution in [2.75, 3.05) is 0 Å². The molecule has 0 radical (unpaired) electrons. The number of hydrogen-bond donors (Lipinski definition) is 1. The van der Waals surface area contributed by atoms with E-state index in [0.717, 1.165) is 12.4 Å². The molecule has 0 aliphatic heterocycles. The summed E-state index contributed by atoms with van der Waals surface area (Å²) in [6, 6.07) is 0. The highest BCUT2D eigenvalue weighted by Crippen LogP contribution is 2.04. The van der Waals surface area contributed by atoms with Gasteiger partial charge in [-0.05, 0) is 0 Å². The maximum atomic E-state index is 10.4. The number of nitro groups is 1. The molecule has 1 aromatic heterocycles. The van der Waals surface area contributed by atoms with Gasteiger partial charge in [-0.1, -0.05) is 0 Å². The molecule has 7 heteroatoms. The smallest absolute Gasteiger partial charge is 0.305 e. The Morgan fingerprint density at radius 3 is 2.33 bits per heavy atom.